The molecule has 0 spiro atoms. The van der Waals surface area contributed by atoms with Crippen molar-refractivity contribution in [3.05, 3.63) is 87.9 Å². The Balaban J connectivity index is 1.86. The second-order valence-corrected chi connectivity index (χ2v) is 9.86. The summed E-state index contributed by atoms with van der Waals surface area (Å²) in [6.07, 6.45) is 1.30. The van der Waals surface area contributed by atoms with Crippen molar-refractivity contribution in [3.8, 4) is 5.75 Å². The van der Waals surface area contributed by atoms with Crippen LogP contribution in [0.25, 0.3) is 0 Å². The Morgan fingerprint density at radius 2 is 1.65 bits per heavy atom. The Hall–Kier alpha value is -3.07. The highest BCUT2D eigenvalue weighted by Crippen LogP contribution is 2.26. The number of anilines is 1. The quantitative estimate of drug-likeness (QED) is 0.316. The third-order valence-electron chi connectivity index (χ3n) is 4.71. The number of sulfonamides is 1. The second kappa shape index (κ2) is 11.4. The molecule has 3 aromatic rings. The Bertz CT molecular complexity index is 1260. The number of nitrogens with zero attached hydrogens (tertiary/aromatic N) is 2. The maximum atomic E-state index is 13.4. The number of benzene rings is 3. The first-order valence-corrected chi connectivity index (χ1v) is 12.5. The minimum Gasteiger partial charge on any atom is -0.494 e. The first-order chi connectivity index (χ1) is 16.2. The van der Waals surface area contributed by atoms with Gasteiger partial charge < -0.3 is 4.74 Å². The molecular weight excluding hydrogens is 497 g/mol. The number of ether oxygens (including phenoxy) is 1. The van der Waals surface area contributed by atoms with E-state index in [2.05, 4.69) is 10.5 Å². The minimum atomic E-state index is -4.04. The highest BCUT2D eigenvalue weighted by Gasteiger charge is 2.27. The van der Waals surface area contributed by atoms with Crippen LogP contribution in [0.4, 0.5) is 5.69 Å². The summed E-state index contributed by atoms with van der Waals surface area (Å²) in [7, 11) is -4.04. The van der Waals surface area contributed by atoms with Gasteiger partial charge in [0.1, 0.15) is 12.3 Å². The van der Waals surface area contributed by atoms with Crippen LogP contribution in [-0.4, -0.2) is 33.7 Å². The lowest BCUT2D eigenvalue weighted by Crippen LogP contribution is -2.39. The number of hydrogen-bond donors (Lipinski definition) is 1. The van der Waals surface area contributed by atoms with Gasteiger partial charge in [0.05, 0.1) is 33.4 Å². The van der Waals surface area contributed by atoms with E-state index in [0.717, 1.165) is 9.87 Å². The fourth-order valence-corrected chi connectivity index (χ4v) is 4.91. The van der Waals surface area contributed by atoms with Crippen molar-refractivity contribution in [2.45, 2.75) is 18.7 Å². The molecule has 0 aromatic heterocycles. The molecule has 0 aliphatic carbocycles. The number of carbonyl (C=O) groups is 1. The van der Waals surface area contributed by atoms with Crippen molar-refractivity contribution >= 4 is 51.0 Å². The molecule has 0 bridgehead atoms. The van der Waals surface area contributed by atoms with E-state index in [9.17, 15) is 13.2 Å². The van der Waals surface area contributed by atoms with E-state index in [-0.39, 0.29) is 4.90 Å². The van der Waals surface area contributed by atoms with Crippen LogP contribution in [0.3, 0.4) is 0 Å². The van der Waals surface area contributed by atoms with Crippen LogP contribution in [-0.2, 0) is 14.8 Å². The molecule has 0 unspecified atom stereocenters. The average molecular weight is 520 g/mol. The van der Waals surface area contributed by atoms with Crippen molar-refractivity contribution in [3.63, 3.8) is 0 Å². The molecule has 10 heteroatoms. The van der Waals surface area contributed by atoms with Gasteiger partial charge in [-0.2, -0.15) is 5.10 Å². The number of nitrogens with one attached hydrogen (secondary N) is 1. The molecule has 0 saturated heterocycles. The van der Waals surface area contributed by atoms with Crippen LogP contribution in [0.1, 0.15) is 18.1 Å². The summed E-state index contributed by atoms with van der Waals surface area (Å²) in [6, 6.07) is 17.8. The lowest BCUT2D eigenvalue weighted by atomic mass is 10.2. The highest BCUT2D eigenvalue weighted by atomic mass is 35.5. The summed E-state index contributed by atoms with van der Waals surface area (Å²) in [5.41, 5.74) is 3.98. The summed E-state index contributed by atoms with van der Waals surface area (Å²) in [4.78, 5) is 12.7. The maximum Gasteiger partial charge on any atom is 0.264 e. The van der Waals surface area contributed by atoms with Crippen molar-refractivity contribution in [2.75, 3.05) is 17.5 Å². The Labute approximate surface area is 209 Å². The zero-order chi connectivity index (χ0) is 24.7. The SMILES string of the molecule is CCOc1ccc(N(CC(=O)N/N=C/c2c(Cl)cccc2Cl)S(=O)(=O)c2ccc(C)cc2)cc1. The van der Waals surface area contributed by atoms with E-state index < -0.39 is 22.5 Å². The van der Waals surface area contributed by atoms with Crippen LogP contribution in [0, 0.1) is 6.92 Å². The summed E-state index contributed by atoms with van der Waals surface area (Å²) in [5.74, 6) is -0.0615. The van der Waals surface area contributed by atoms with Gasteiger partial charge in [0.25, 0.3) is 15.9 Å². The lowest BCUT2D eigenvalue weighted by molar-refractivity contribution is -0.119. The highest BCUT2D eigenvalue weighted by molar-refractivity contribution is 7.92. The largest absolute Gasteiger partial charge is 0.494 e. The molecule has 0 radical (unpaired) electrons. The molecule has 3 aromatic carbocycles. The fraction of sp³-hybridized carbons (Fsp3) is 0.167. The Morgan fingerprint density at radius 1 is 1.03 bits per heavy atom. The molecule has 0 heterocycles. The van der Waals surface area contributed by atoms with Crippen molar-refractivity contribution in [1.82, 2.24) is 5.43 Å². The number of halogens is 2. The number of hydrogen-bond acceptors (Lipinski definition) is 5. The smallest absolute Gasteiger partial charge is 0.264 e. The van der Waals surface area contributed by atoms with Gasteiger partial charge in [-0.15, -0.1) is 0 Å². The van der Waals surface area contributed by atoms with E-state index in [1.807, 2.05) is 13.8 Å². The lowest BCUT2D eigenvalue weighted by Gasteiger charge is -2.24. The number of amides is 1. The van der Waals surface area contributed by atoms with Gasteiger partial charge in [0.15, 0.2) is 0 Å². The Kier molecular flexibility index (Phi) is 8.55. The van der Waals surface area contributed by atoms with Crippen molar-refractivity contribution < 1.29 is 17.9 Å². The summed E-state index contributed by atoms with van der Waals surface area (Å²) in [6.45, 7) is 3.68. The van der Waals surface area contributed by atoms with Crippen molar-refractivity contribution in [2.24, 2.45) is 5.10 Å². The zero-order valence-corrected chi connectivity index (χ0v) is 20.9. The molecule has 34 heavy (non-hydrogen) atoms. The monoisotopic (exact) mass is 519 g/mol. The summed E-state index contributed by atoms with van der Waals surface area (Å²) >= 11 is 12.2. The molecular formula is C24H23Cl2N3O4S. The predicted octanol–water partition coefficient (Wildman–Crippen LogP) is 5.05. The Morgan fingerprint density at radius 3 is 2.24 bits per heavy atom. The van der Waals surface area contributed by atoms with Gasteiger partial charge in [-0.25, -0.2) is 13.8 Å². The molecule has 7 nitrogen and oxygen atoms in total. The molecule has 0 aliphatic heterocycles. The molecule has 0 fully saturated rings. The van der Waals surface area contributed by atoms with E-state index in [1.54, 1.807) is 54.6 Å². The third-order valence-corrected chi connectivity index (χ3v) is 7.16. The van der Waals surface area contributed by atoms with Gasteiger partial charge in [0, 0.05) is 5.56 Å². The van der Waals surface area contributed by atoms with E-state index >= 15 is 0 Å². The van der Waals surface area contributed by atoms with Crippen molar-refractivity contribution in [1.29, 1.82) is 0 Å². The normalized spacial score (nSPS) is 11.4. The fourth-order valence-electron chi connectivity index (χ4n) is 3.00. The van der Waals surface area contributed by atoms with Gasteiger partial charge >= 0.3 is 0 Å². The summed E-state index contributed by atoms with van der Waals surface area (Å²) < 4.78 is 33.3. The average Bonchev–Trinajstić information content (AvgIpc) is 2.80. The molecule has 0 aliphatic rings. The molecule has 0 atom stereocenters. The van der Waals surface area contributed by atoms with Gasteiger partial charge in [0.2, 0.25) is 0 Å². The van der Waals surface area contributed by atoms with E-state index in [1.165, 1.54) is 18.3 Å². The van der Waals surface area contributed by atoms with E-state index in [4.69, 9.17) is 27.9 Å². The molecule has 1 amide bonds. The first-order valence-electron chi connectivity index (χ1n) is 10.3. The number of carbonyl (C=O) groups excluding carboxylic acids is 1. The number of rotatable bonds is 9. The molecule has 178 valence electrons. The molecule has 3 rings (SSSR count). The maximum absolute atomic E-state index is 13.4. The third kappa shape index (κ3) is 6.28. The number of aryl methyl sites for hydroxylation is 1. The standard InChI is InChI=1S/C24H23Cl2N3O4S/c1-3-33-19-11-9-18(10-12-19)29(34(31,32)20-13-7-17(2)8-14-20)16-24(30)28-27-15-21-22(25)5-4-6-23(21)26/h4-15H,3,16H2,1-2H3,(H,28,30)/b27-15+. The van der Waals surface area contributed by atoms with Crippen LogP contribution < -0.4 is 14.5 Å². The second-order valence-electron chi connectivity index (χ2n) is 7.18. The molecule has 0 saturated carbocycles. The van der Waals surface area contributed by atoms with Gasteiger partial charge in [-0.05, 0) is 62.4 Å². The topological polar surface area (TPSA) is 88.1 Å². The van der Waals surface area contributed by atoms with Crippen LogP contribution >= 0.6 is 23.2 Å². The minimum absolute atomic E-state index is 0.0612. The molecule has 1 N–H and O–H groups in total. The first kappa shape index (κ1) is 25.6. The predicted molar refractivity (Wildman–Crippen MR) is 136 cm³/mol. The van der Waals surface area contributed by atoms with Gasteiger partial charge in [-0.1, -0.05) is 47.0 Å². The van der Waals surface area contributed by atoms with Crippen LogP contribution in [0.15, 0.2) is 76.7 Å². The zero-order valence-electron chi connectivity index (χ0n) is 18.5. The van der Waals surface area contributed by atoms with Gasteiger partial charge in [-0.3, -0.25) is 9.10 Å². The number of hydrazone groups is 1. The summed E-state index contributed by atoms with van der Waals surface area (Å²) in [5, 5.41) is 4.61. The van der Waals surface area contributed by atoms with Crippen LogP contribution in [0.2, 0.25) is 10.0 Å². The van der Waals surface area contributed by atoms with E-state index in [0.29, 0.717) is 33.7 Å². The van der Waals surface area contributed by atoms with Crippen LogP contribution in [0.5, 0.6) is 5.75 Å².